The first-order valence-corrected chi connectivity index (χ1v) is 6.96. The van der Waals surface area contributed by atoms with E-state index >= 15 is 0 Å². The lowest BCUT2D eigenvalue weighted by Crippen LogP contribution is -2.21. The fraction of sp³-hybridized carbons (Fsp3) is 0.200. The number of phenolic OH excluding ortho intramolecular Hbond substituents is 1. The van der Waals surface area contributed by atoms with Gasteiger partial charge in [0.15, 0.2) is 0 Å². The molecule has 0 aliphatic carbocycles. The maximum atomic E-state index is 9.47. The molecule has 2 N–H and O–H groups in total. The number of para-hydroxylation sites is 1. The lowest BCUT2D eigenvalue weighted by molar-refractivity contribution is 0.310. The van der Waals surface area contributed by atoms with Crippen molar-refractivity contribution in [2.75, 3.05) is 6.61 Å². The quantitative estimate of drug-likeness (QED) is 0.911. The van der Waals surface area contributed by atoms with E-state index < -0.39 is 0 Å². The van der Waals surface area contributed by atoms with Gasteiger partial charge in [-0.15, -0.1) is 0 Å². The number of hydrogen-bond acceptors (Lipinski definition) is 3. The first-order valence-electron chi connectivity index (χ1n) is 6.16. The van der Waals surface area contributed by atoms with Gasteiger partial charge in [-0.2, -0.15) is 0 Å². The molecule has 0 amide bonds. The highest BCUT2D eigenvalue weighted by Gasteiger charge is 2.22. The molecule has 0 fully saturated rings. The van der Waals surface area contributed by atoms with Crippen LogP contribution in [-0.4, -0.2) is 11.7 Å². The number of nitrogens with one attached hydrogen (secondary N) is 1. The molecule has 3 nitrogen and oxygen atoms in total. The molecule has 0 bridgehead atoms. The molecule has 98 valence electrons. The summed E-state index contributed by atoms with van der Waals surface area (Å²) in [5, 5.41) is 12.9. The van der Waals surface area contributed by atoms with Crippen LogP contribution >= 0.6 is 15.9 Å². The molecule has 1 aliphatic rings. The predicted octanol–water partition coefficient (Wildman–Crippen LogP) is 3.38. The van der Waals surface area contributed by atoms with Crippen LogP contribution in [0.25, 0.3) is 0 Å². The van der Waals surface area contributed by atoms with E-state index in [0.29, 0.717) is 6.61 Å². The predicted molar refractivity (Wildman–Crippen MR) is 77.3 cm³/mol. The number of phenols is 1. The molecule has 1 unspecified atom stereocenters. The average Bonchev–Trinajstić information content (AvgIpc) is 2.83. The smallest absolute Gasteiger partial charge is 0.129 e. The summed E-state index contributed by atoms with van der Waals surface area (Å²) in [7, 11) is 0. The number of halogens is 1. The minimum atomic E-state index is 0.226. The van der Waals surface area contributed by atoms with E-state index in [4.69, 9.17) is 4.74 Å². The van der Waals surface area contributed by atoms with E-state index in [9.17, 15) is 5.11 Å². The van der Waals surface area contributed by atoms with E-state index in [1.807, 2.05) is 30.3 Å². The first-order chi connectivity index (χ1) is 9.24. The SMILES string of the molecule is Oc1ccc(CNC2COc3ccccc32)cc1Br. The average molecular weight is 320 g/mol. The highest BCUT2D eigenvalue weighted by atomic mass is 79.9. The van der Waals surface area contributed by atoms with Crippen molar-refractivity contribution in [1.29, 1.82) is 0 Å². The molecule has 1 aliphatic heterocycles. The van der Waals surface area contributed by atoms with Crippen LogP contribution in [0.1, 0.15) is 17.2 Å². The summed E-state index contributed by atoms with van der Waals surface area (Å²) >= 11 is 3.32. The van der Waals surface area contributed by atoms with Gasteiger partial charge in [0.1, 0.15) is 18.1 Å². The summed E-state index contributed by atoms with van der Waals surface area (Å²) < 4.78 is 6.35. The summed E-state index contributed by atoms with van der Waals surface area (Å²) in [5.74, 6) is 1.23. The van der Waals surface area contributed by atoms with Crippen LogP contribution in [0.2, 0.25) is 0 Å². The second-order valence-electron chi connectivity index (χ2n) is 4.57. The van der Waals surface area contributed by atoms with E-state index in [1.165, 1.54) is 5.56 Å². The third-order valence-electron chi connectivity index (χ3n) is 3.26. The molecule has 0 saturated carbocycles. The van der Waals surface area contributed by atoms with Gasteiger partial charge >= 0.3 is 0 Å². The van der Waals surface area contributed by atoms with E-state index in [-0.39, 0.29) is 11.8 Å². The third-order valence-corrected chi connectivity index (χ3v) is 3.90. The number of hydrogen-bond donors (Lipinski definition) is 2. The molecule has 0 saturated heterocycles. The molecule has 4 heteroatoms. The Bertz CT molecular complexity index is 600. The summed E-state index contributed by atoms with van der Waals surface area (Å²) in [6.07, 6.45) is 0. The second-order valence-corrected chi connectivity index (χ2v) is 5.42. The number of fused-ring (bicyclic) bond motifs is 1. The van der Waals surface area contributed by atoms with Gasteiger partial charge in [0.25, 0.3) is 0 Å². The standard InChI is InChI=1S/C15H14BrNO2/c16-12-7-10(5-6-14(12)18)8-17-13-9-19-15-4-2-1-3-11(13)15/h1-7,13,17-18H,8-9H2. The topological polar surface area (TPSA) is 41.5 Å². The van der Waals surface area contributed by atoms with Crippen molar-refractivity contribution < 1.29 is 9.84 Å². The Hall–Kier alpha value is -1.52. The largest absolute Gasteiger partial charge is 0.507 e. The molecule has 2 aromatic carbocycles. The normalized spacial score (nSPS) is 17.0. The van der Waals surface area contributed by atoms with Crippen molar-refractivity contribution in [3.63, 3.8) is 0 Å². The Morgan fingerprint density at radius 3 is 2.95 bits per heavy atom. The number of rotatable bonds is 3. The Morgan fingerprint density at radius 1 is 1.26 bits per heavy atom. The third kappa shape index (κ3) is 2.60. The molecule has 19 heavy (non-hydrogen) atoms. The molecule has 2 aromatic rings. The van der Waals surface area contributed by atoms with Crippen LogP contribution in [0.3, 0.4) is 0 Å². The number of aromatic hydroxyl groups is 1. The van der Waals surface area contributed by atoms with Crippen LogP contribution in [0.4, 0.5) is 0 Å². The van der Waals surface area contributed by atoms with Crippen LogP contribution in [0, 0.1) is 0 Å². The summed E-state index contributed by atoms with van der Waals surface area (Å²) in [6.45, 7) is 1.40. The maximum absolute atomic E-state index is 9.47. The zero-order valence-corrected chi connectivity index (χ0v) is 11.9. The van der Waals surface area contributed by atoms with E-state index in [1.54, 1.807) is 6.07 Å². The van der Waals surface area contributed by atoms with Crippen molar-refractivity contribution in [1.82, 2.24) is 5.32 Å². The summed E-state index contributed by atoms with van der Waals surface area (Å²) in [5.41, 5.74) is 2.33. The Morgan fingerprint density at radius 2 is 2.11 bits per heavy atom. The van der Waals surface area contributed by atoms with Crippen molar-refractivity contribution in [3.8, 4) is 11.5 Å². The molecule has 1 heterocycles. The van der Waals surface area contributed by atoms with Gasteiger partial charge in [-0.25, -0.2) is 0 Å². The lowest BCUT2D eigenvalue weighted by atomic mass is 10.1. The Kier molecular flexibility index (Phi) is 3.44. The van der Waals surface area contributed by atoms with Crippen LogP contribution in [0.5, 0.6) is 11.5 Å². The second kappa shape index (κ2) is 5.23. The van der Waals surface area contributed by atoms with Gasteiger partial charge in [-0.05, 0) is 39.7 Å². The molecule has 3 rings (SSSR count). The van der Waals surface area contributed by atoms with Crippen LogP contribution in [0.15, 0.2) is 46.9 Å². The number of ether oxygens (including phenoxy) is 1. The fourth-order valence-electron chi connectivity index (χ4n) is 2.23. The van der Waals surface area contributed by atoms with E-state index in [2.05, 4.69) is 27.3 Å². The van der Waals surface area contributed by atoms with Gasteiger partial charge in [-0.1, -0.05) is 24.3 Å². The molecule has 1 atom stereocenters. The Balaban J connectivity index is 1.69. The molecular weight excluding hydrogens is 306 g/mol. The Labute approximate surface area is 120 Å². The van der Waals surface area contributed by atoms with Crippen molar-refractivity contribution in [3.05, 3.63) is 58.1 Å². The lowest BCUT2D eigenvalue weighted by Gasteiger charge is -2.12. The van der Waals surface area contributed by atoms with Crippen LogP contribution in [-0.2, 0) is 6.54 Å². The summed E-state index contributed by atoms with van der Waals surface area (Å²) in [4.78, 5) is 0. The highest BCUT2D eigenvalue weighted by Crippen LogP contribution is 2.32. The van der Waals surface area contributed by atoms with Gasteiger partial charge in [0.05, 0.1) is 10.5 Å². The van der Waals surface area contributed by atoms with Crippen molar-refractivity contribution in [2.45, 2.75) is 12.6 Å². The van der Waals surface area contributed by atoms with Gasteiger partial charge in [-0.3, -0.25) is 0 Å². The molecule has 0 spiro atoms. The van der Waals surface area contributed by atoms with Crippen molar-refractivity contribution in [2.24, 2.45) is 0 Å². The zero-order valence-electron chi connectivity index (χ0n) is 10.3. The maximum Gasteiger partial charge on any atom is 0.129 e. The zero-order chi connectivity index (χ0) is 13.2. The van der Waals surface area contributed by atoms with Gasteiger partial charge < -0.3 is 15.2 Å². The van der Waals surface area contributed by atoms with Crippen molar-refractivity contribution >= 4 is 15.9 Å². The molecular formula is C15H14BrNO2. The minimum absolute atomic E-state index is 0.226. The summed E-state index contributed by atoms with van der Waals surface area (Å²) in [6, 6.07) is 13.8. The van der Waals surface area contributed by atoms with Gasteiger partial charge in [0, 0.05) is 12.1 Å². The van der Waals surface area contributed by atoms with Crippen LogP contribution < -0.4 is 10.1 Å². The first kappa shape index (κ1) is 12.5. The fourth-order valence-corrected chi connectivity index (χ4v) is 2.66. The molecule has 0 radical (unpaired) electrons. The highest BCUT2D eigenvalue weighted by molar-refractivity contribution is 9.10. The molecule has 0 aromatic heterocycles. The minimum Gasteiger partial charge on any atom is -0.507 e. The van der Waals surface area contributed by atoms with Gasteiger partial charge in [0.2, 0.25) is 0 Å². The monoisotopic (exact) mass is 319 g/mol. The van der Waals surface area contributed by atoms with E-state index in [0.717, 1.165) is 22.3 Å². The number of benzene rings is 2.